The van der Waals surface area contributed by atoms with Gasteiger partial charge in [0.25, 0.3) is 11.7 Å². The molecule has 0 atom stereocenters. The Morgan fingerprint density at radius 2 is 1.84 bits per heavy atom. The second-order valence-corrected chi connectivity index (χ2v) is 6.28. The summed E-state index contributed by atoms with van der Waals surface area (Å²) in [7, 11) is 0. The maximum atomic E-state index is 12.5. The molecule has 1 amide bonds. The molecule has 1 N–H and O–H groups in total. The Bertz CT molecular complexity index is 781. The van der Waals surface area contributed by atoms with Gasteiger partial charge >= 0.3 is 5.97 Å². The number of amides is 1. The largest absolute Gasteiger partial charge is 0.452 e. The summed E-state index contributed by atoms with van der Waals surface area (Å²) in [6, 6.07) is 11.4. The molecular weight excluding hydrogens is 348 g/mol. The molecule has 0 spiro atoms. The van der Waals surface area contributed by atoms with Gasteiger partial charge in [-0.2, -0.15) is 8.78 Å². The maximum Gasteiger partial charge on any atom is 0.338 e. The van der Waals surface area contributed by atoms with Crippen LogP contribution in [0.3, 0.4) is 0 Å². The summed E-state index contributed by atoms with van der Waals surface area (Å²) in [5, 5.41) is 2.48. The van der Waals surface area contributed by atoms with Gasteiger partial charge in [0.05, 0.1) is 11.3 Å². The van der Waals surface area contributed by atoms with Gasteiger partial charge in [0, 0.05) is 4.90 Å². The zero-order valence-corrected chi connectivity index (χ0v) is 14.5. The van der Waals surface area contributed by atoms with Crippen LogP contribution in [0.25, 0.3) is 0 Å². The number of thioether (sulfide) groups is 1. The molecule has 0 saturated heterocycles. The van der Waals surface area contributed by atoms with Crippen molar-refractivity contribution in [3.05, 3.63) is 59.2 Å². The van der Waals surface area contributed by atoms with Crippen molar-refractivity contribution in [2.45, 2.75) is 24.5 Å². The summed E-state index contributed by atoms with van der Waals surface area (Å²) in [6.07, 6.45) is 0. The first-order valence-electron chi connectivity index (χ1n) is 7.45. The number of esters is 1. The molecule has 2 aromatic carbocycles. The topological polar surface area (TPSA) is 55.4 Å². The minimum absolute atomic E-state index is 0.242. The fourth-order valence-corrected chi connectivity index (χ4v) is 2.73. The summed E-state index contributed by atoms with van der Waals surface area (Å²) in [6.45, 7) is 3.17. The summed E-state index contributed by atoms with van der Waals surface area (Å²) in [5.74, 6) is -3.80. The van der Waals surface area contributed by atoms with E-state index in [0.29, 0.717) is 17.3 Å². The first-order valence-corrected chi connectivity index (χ1v) is 8.33. The molecule has 0 heterocycles. The average molecular weight is 365 g/mol. The SMILES string of the molecule is Cc1cccc(C(=O)OCC(=O)Nc2ccccc2SC(F)F)c1C. The van der Waals surface area contributed by atoms with Crippen LogP contribution in [0.2, 0.25) is 0 Å². The minimum Gasteiger partial charge on any atom is -0.452 e. The molecule has 0 bridgehead atoms. The molecule has 7 heteroatoms. The van der Waals surface area contributed by atoms with E-state index in [2.05, 4.69) is 5.32 Å². The number of anilines is 1. The van der Waals surface area contributed by atoms with Gasteiger partial charge in [-0.25, -0.2) is 4.79 Å². The van der Waals surface area contributed by atoms with Crippen LogP contribution in [0, 0.1) is 13.8 Å². The molecule has 0 unspecified atom stereocenters. The van der Waals surface area contributed by atoms with Crippen LogP contribution in [0.1, 0.15) is 21.5 Å². The van der Waals surface area contributed by atoms with Crippen LogP contribution in [0.15, 0.2) is 47.4 Å². The van der Waals surface area contributed by atoms with E-state index < -0.39 is 24.2 Å². The van der Waals surface area contributed by atoms with E-state index in [0.717, 1.165) is 11.1 Å². The lowest BCUT2D eigenvalue weighted by Gasteiger charge is -2.11. The second-order valence-electron chi connectivity index (χ2n) is 5.25. The highest BCUT2D eigenvalue weighted by molar-refractivity contribution is 7.99. The molecule has 25 heavy (non-hydrogen) atoms. The highest BCUT2D eigenvalue weighted by Gasteiger charge is 2.15. The predicted octanol–water partition coefficient (Wildman–Crippen LogP) is 4.41. The number of ether oxygens (including phenoxy) is 1. The van der Waals surface area contributed by atoms with E-state index in [1.807, 2.05) is 13.0 Å². The number of alkyl halides is 2. The Balaban J connectivity index is 1.97. The molecule has 4 nitrogen and oxygen atoms in total. The molecule has 0 fully saturated rings. The Morgan fingerprint density at radius 1 is 1.12 bits per heavy atom. The Hall–Kier alpha value is -2.41. The van der Waals surface area contributed by atoms with E-state index >= 15 is 0 Å². The molecule has 2 aromatic rings. The third kappa shape index (κ3) is 5.29. The van der Waals surface area contributed by atoms with Crippen molar-refractivity contribution in [3.63, 3.8) is 0 Å². The zero-order chi connectivity index (χ0) is 18.4. The standard InChI is InChI=1S/C18H17F2NO3S/c1-11-6-5-7-13(12(11)2)17(23)24-10-16(22)21-14-8-3-4-9-15(14)25-18(19)20/h3-9,18H,10H2,1-2H3,(H,21,22). The number of rotatable bonds is 6. The van der Waals surface area contributed by atoms with Crippen molar-refractivity contribution >= 4 is 29.3 Å². The van der Waals surface area contributed by atoms with Crippen molar-refractivity contribution in [1.82, 2.24) is 0 Å². The molecule has 0 aliphatic rings. The Labute approximate surface area is 148 Å². The van der Waals surface area contributed by atoms with Crippen LogP contribution in [0.4, 0.5) is 14.5 Å². The van der Waals surface area contributed by atoms with Crippen molar-refractivity contribution in [1.29, 1.82) is 0 Å². The fourth-order valence-electron chi connectivity index (χ4n) is 2.14. The summed E-state index contributed by atoms with van der Waals surface area (Å²) in [4.78, 5) is 24.3. The maximum absolute atomic E-state index is 12.5. The van der Waals surface area contributed by atoms with E-state index in [1.54, 1.807) is 31.2 Å². The number of hydrogen-bond acceptors (Lipinski definition) is 4. The van der Waals surface area contributed by atoms with Gasteiger partial charge in [-0.3, -0.25) is 4.79 Å². The van der Waals surface area contributed by atoms with Crippen LogP contribution in [-0.2, 0) is 9.53 Å². The molecule has 0 aromatic heterocycles. The number of carbonyl (C=O) groups is 2. The van der Waals surface area contributed by atoms with Crippen LogP contribution >= 0.6 is 11.8 Å². The van der Waals surface area contributed by atoms with E-state index in [-0.39, 0.29) is 10.6 Å². The molecule has 132 valence electrons. The highest BCUT2D eigenvalue weighted by Crippen LogP contribution is 2.31. The van der Waals surface area contributed by atoms with Crippen molar-refractivity contribution in [2.75, 3.05) is 11.9 Å². The Morgan fingerprint density at radius 3 is 2.56 bits per heavy atom. The molecule has 0 aliphatic carbocycles. The third-order valence-corrected chi connectivity index (χ3v) is 4.32. The lowest BCUT2D eigenvalue weighted by Crippen LogP contribution is -2.21. The monoisotopic (exact) mass is 365 g/mol. The van der Waals surface area contributed by atoms with Crippen LogP contribution < -0.4 is 5.32 Å². The van der Waals surface area contributed by atoms with Gasteiger partial charge < -0.3 is 10.1 Å². The van der Waals surface area contributed by atoms with Gasteiger partial charge in [0.1, 0.15) is 0 Å². The average Bonchev–Trinajstić information content (AvgIpc) is 2.56. The fraction of sp³-hybridized carbons (Fsp3) is 0.222. The molecule has 0 saturated carbocycles. The van der Waals surface area contributed by atoms with Gasteiger partial charge in [-0.1, -0.05) is 36.0 Å². The number of aryl methyl sites for hydroxylation is 1. The zero-order valence-electron chi connectivity index (χ0n) is 13.7. The van der Waals surface area contributed by atoms with Crippen molar-refractivity contribution < 1.29 is 23.1 Å². The molecule has 0 radical (unpaired) electrons. The molecule has 0 aliphatic heterocycles. The molecular formula is C18H17F2NO3S. The second kappa shape index (κ2) is 8.62. The smallest absolute Gasteiger partial charge is 0.338 e. The van der Waals surface area contributed by atoms with Gasteiger partial charge in [-0.15, -0.1) is 0 Å². The summed E-state index contributed by atoms with van der Waals surface area (Å²) in [5.41, 5.74) is 2.37. The van der Waals surface area contributed by atoms with E-state index in [1.165, 1.54) is 12.1 Å². The van der Waals surface area contributed by atoms with E-state index in [9.17, 15) is 18.4 Å². The number of benzene rings is 2. The number of nitrogens with one attached hydrogen (secondary N) is 1. The van der Waals surface area contributed by atoms with Gasteiger partial charge in [0.15, 0.2) is 6.61 Å². The van der Waals surface area contributed by atoms with Gasteiger partial charge in [0.2, 0.25) is 0 Å². The van der Waals surface area contributed by atoms with Crippen LogP contribution in [0.5, 0.6) is 0 Å². The lowest BCUT2D eigenvalue weighted by atomic mass is 10.0. The van der Waals surface area contributed by atoms with Gasteiger partial charge in [-0.05, 0) is 43.2 Å². The highest BCUT2D eigenvalue weighted by atomic mass is 32.2. The molecule has 2 rings (SSSR count). The summed E-state index contributed by atoms with van der Waals surface area (Å²) < 4.78 is 30.1. The van der Waals surface area contributed by atoms with Crippen molar-refractivity contribution in [2.24, 2.45) is 0 Å². The van der Waals surface area contributed by atoms with Crippen molar-refractivity contribution in [3.8, 4) is 0 Å². The normalized spacial score (nSPS) is 10.6. The quantitative estimate of drug-likeness (QED) is 0.608. The first kappa shape index (κ1) is 18.9. The minimum atomic E-state index is -2.60. The number of halogens is 2. The predicted molar refractivity (Wildman–Crippen MR) is 93.1 cm³/mol. The van der Waals surface area contributed by atoms with E-state index in [4.69, 9.17) is 4.74 Å². The van der Waals surface area contributed by atoms with Crippen LogP contribution in [-0.4, -0.2) is 24.2 Å². The Kier molecular flexibility index (Phi) is 6.52. The third-order valence-electron chi connectivity index (χ3n) is 3.54. The summed E-state index contributed by atoms with van der Waals surface area (Å²) >= 11 is 0.336. The lowest BCUT2D eigenvalue weighted by molar-refractivity contribution is -0.119. The first-order chi connectivity index (χ1) is 11.9. The number of para-hydroxylation sites is 1. The number of hydrogen-bond donors (Lipinski definition) is 1. The number of carbonyl (C=O) groups excluding carboxylic acids is 2.